The molecule has 0 bridgehead atoms. The van der Waals surface area contributed by atoms with Gasteiger partial charge in [-0.1, -0.05) is 44.2 Å². The van der Waals surface area contributed by atoms with Gasteiger partial charge in [-0.25, -0.2) is 0 Å². The fourth-order valence-corrected chi connectivity index (χ4v) is 2.62. The van der Waals surface area contributed by atoms with Crippen molar-refractivity contribution in [2.24, 2.45) is 11.8 Å². The third-order valence-electron chi connectivity index (χ3n) is 3.56. The molecule has 1 fully saturated rings. The second kappa shape index (κ2) is 4.36. The molecule has 0 saturated carbocycles. The summed E-state index contributed by atoms with van der Waals surface area (Å²) in [6.07, 6.45) is 0.361. The molecule has 1 aliphatic rings. The highest BCUT2D eigenvalue weighted by molar-refractivity contribution is 5.22. The lowest BCUT2D eigenvalue weighted by Gasteiger charge is -2.23. The van der Waals surface area contributed by atoms with Crippen LogP contribution < -0.4 is 0 Å². The van der Waals surface area contributed by atoms with Crippen molar-refractivity contribution in [3.8, 4) is 0 Å². The molecule has 15 heavy (non-hydrogen) atoms. The molecule has 0 aliphatic carbocycles. The molecular weight excluding hydrogens is 184 g/mol. The summed E-state index contributed by atoms with van der Waals surface area (Å²) in [7, 11) is 0. The lowest BCUT2D eigenvalue weighted by Crippen LogP contribution is -2.19. The van der Waals surface area contributed by atoms with Crippen molar-refractivity contribution in [1.29, 1.82) is 0 Å². The van der Waals surface area contributed by atoms with E-state index in [4.69, 9.17) is 4.74 Å². The summed E-state index contributed by atoms with van der Waals surface area (Å²) in [5.74, 6) is 1.94. The zero-order valence-corrected chi connectivity index (χ0v) is 9.81. The van der Waals surface area contributed by atoms with Gasteiger partial charge in [-0.15, -0.1) is 0 Å². The number of ether oxygens (including phenoxy) is 1. The zero-order valence-electron chi connectivity index (χ0n) is 9.81. The lowest BCUT2D eigenvalue weighted by molar-refractivity contribution is 0.113. The van der Waals surface area contributed by atoms with Crippen molar-refractivity contribution in [2.75, 3.05) is 6.61 Å². The van der Waals surface area contributed by atoms with Gasteiger partial charge in [0.1, 0.15) is 0 Å². The van der Waals surface area contributed by atoms with Gasteiger partial charge in [0.15, 0.2) is 0 Å². The van der Waals surface area contributed by atoms with Gasteiger partial charge < -0.3 is 4.74 Å². The van der Waals surface area contributed by atoms with Crippen molar-refractivity contribution >= 4 is 0 Å². The van der Waals surface area contributed by atoms with Crippen LogP contribution in [0.3, 0.4) is 0 Å². The highest BCUT2D eigenvalue weighted by Gasteiger charge is 2.36. The quantitative estimate of drug-likeness (QED) is 0.717. The third kappa shape index (κ3) is 2.07. The van der Waals surface area contributed by atoms with E-state index in [0.717, 1.165) is 6.61 Å². The molecule has 0 radical (unpaired) electrons. The van der Waals surface area contributed by atoms with E-state index in [2.05, 4.69) is 51.1 Å². The van der Waals surface area contributed by atoms with E-state index in [1.165, 1.54) is 5.56 Å². The van der Waals surface area contributed by atoms with Crippen LogP contribution in [0.15, 0.2) is 30.3 Å². The van der Waals surface area contributed by atoms with E-state index >= 15 is 0 Å². The summed E-state index contributed by atoms with van der Waals surface area (Å²) >= 11 is 0. The highest BCUT2D eigenvalue weighted by atomic mass is 16.5. The second-order valence-corrected chi connectivity index (χ2v) is 4.88. The molecule has 1 aromatic rings. The lowest BCUT2D eigenvalue weighted by atomic mass is 9.79. The average molecular weight is 204 g/mol. The van der Waals surface area contributed by atoms with Gasteiger partial charge >= 0.3 is 0 Å². The molecule has 1 heterocycles. The van der Waals surface area contributed by atoms with Crippen LogP contribution in [0, 0.1) is 11.8 Å². The maximum atomic E-state index is 5.79. The van der Waals surface area contributed by atoms with Crippen LogP contribution in [0.2, 0.25) is 0 Å². The molecule has 3 atom stereocenters. The Hall–Kier alpha value is -0.820. The van der Waals surface area contributed by atoms with Crippen LogP contribution in [0.25, 0.3) is 0 Å². The Morgan fingerprint density at radius 3 is 2.47 bits per heavy atom. The minimum atomic E-state index is 0.361. The van der Waals surface area contributed by atoms with Crippen LogP contribution in [0.5, 0.6) is 0 Å². The van der Waals surface area contributed by atoms with Crippen molar-refractivity contribution in [2.45, 2.75) is 32.8 Å². The molecule has 0 amide bonds. The fourth-order valence-electron chi connectivity index (χ4n) is 2.62. The molecule has 82 valence electrons. The highest BCUT2D eigenvalue weighted by Crippen LogP contribution is 2.39. The molecule has 0 aromatic heterocycles. The standard InChI is InChI=1S/C14H20O/c1-10(2)13-9-15-11(3)14(13)12-7-5-4-6-8-12/h4-8,10-11,13-14H,9H2,1-3H3. The van der Waals surface area contributed by atoms with Crippen molar-refractivity contribution in [3.05, 3.63) is 35.9 Å². The van der Waals surface area contributed by atoms with E-state index in [-0.39, 0.29) is 0 Å². The Morgan fingerprint density at radius 1 is 1.20 bits per heavy atom. The summed E-state index contributed by atoms with van der Waals surface area (Å²) < 4.78 is 5.79. The van der Waals surface area contributed by atoms with Gasteiger partial charge in [-0.2, -0.15) is 0 Å². The maximum Gasteiger partial charge on any atom is 0.0619 e. The van der Waals surface area contributed by atoms with Crippen molar-refractivity contribution in [3.63, 3.8) is 0 Å². The molecule has 1 saturated heterocycles. The summed E-state index contributed by atoms with van der Waals surface area (Å²) in [4.78, 5) is 0. The van der Waals surface area contributed by atoms with Crippen LogP contribution in [-0.4, -0.2) is 12.7 Å². The third-order valence-corrected chi connectivity index (χ3v) is 3.56. The molecule has 1 aromatic carbocycles. The predicted molar refractivity (Wildman–Crippen MR) is 62.9 cm³/mol. The number of benzene rings is 1. The van der Waals surface area contributed by atoms with E-state index in [1.807, 2.05) is 0 Å². The van der Waals surface area contributed by atoms with Gasteiger partial charge in [-0.05, 0) is 24.3 Å². The van der Waals surface area contributed by atoms with Crippen molar-refractivity contribution in [1.82, 2.24) is 0 Å². The molecule has 3 unspecified atom stereocenters. The van der Waals surface area contributed by atoms with Crippen molar-refractivity contribution < 1.29 is 4.74 Å². The van der Waals surface area contributed by atoms with E-state index in [1.54, 1.807) is 0 Å². The smallest absolute Gasteiger partial charge is 0.0619 e. The zero-order chi connectivity index (χ0) is 10.8. The van der Waals surface area contributed by atoms with E-state index < -0.39 is 0 Å². The first-order valence-electron chi connectivity index (χ1n) is 5.86. The summed E-state index contributed by atoms with van der Waals surface area (Å²) in [5, 5.41) is 0. The Labute approximate surface area is 92.5 Å². The van der Waals surface area contributed by atoms with Gasteiger partial charge in [0.05, 0.1) is 12.7 Å². The maximum absolute atomic E-state index is 5.79. The van der Waals surface area contributed by atoms with Gasteiger partial charge in [0, 0.05) is 5.92 Å². The minimum absolute atomic E-state index is 0.361. The normalized spacial score (nSPS) is 31.1. The van der Waals surface area contributed by atoms with Crippen LogP contribution in [0.4, 0.5) is 0 Å². The Bertz CT molecular complexity index is 304. The summed E-state index contributed by atoms with van der Waals surface area (Å²) in [6.45, 7) is 7.70. The average Bonchev–Trinajstić information content (AvgIpc) is 2.61. The van der Waals surface area contributed by atoms with Gasteiger partial charge in [0.25, 0.3) is 0 Å². The SMILES string of the molecule is CC(C)C1COC(C)C1c1ccccc1. The molecule has 0 N–H and O–H groups in total. The van der Waals surface area contributed by atoms with E-state index in [0.29, 0.717) is 23.9 Å². The first kappa shape index (κ1) is 10.7. The van der Waals surface area contributed by atoms with Gasteiger partial charge in [0.2, 0.25) is 0 Å². The first-order valence-corrected chi connectivity index (χ1v) is 5.86. The topological polar surface area (TPSA) is 9.23 Å². The monoisotopic (exact) mass is 204 g/mol. The number of hydrogen-bond acceptors (Lipinski definition) is 1. The predicted octanol–water partition coefficient (Wildman–Crippen LogP) is 3.46. The molecular formula is C14H20O. The molecule has 1 heteroatoms. The Kier molecular flexibility index (Phi) is 3.11. The van der Waals surface area contributed by atoms with E-state index in [9.17, 15) is 0 Å². The Morgan fingerprint density at radius 2 is 1.87 bits per heavy atom. The molecule has 0 spiro atoms. The largest absolute Gasteiger partial charge is 0.378 e. The fraction of sp³-hybridized carbons (Fsp3) is 0.571. The summed E-state index contributed by atoms with van der Waals surface area (Å²) in [5.41, 5.74) is 1.43. The van der Waals surface area contributed by atoms with Crippen LogP contribution >= 0.6 is 0 Å². The van der Waals surface area contributed by atoms with Crippen LogP contribution in [0.1, 0.15) is 32.3 Å². The molecule has 1 aliphatic heterocycles. The second-order valence-electron chi connectivity index (χ2n) is 4.88. The molecule has 2 rings (SSSR count). The number of hydrogen-bond donors (Lipinski definition) is 0. The first-order chi connectivity index (χ1) is 7.20. The number of rotatable bonds is 2. The molecule has 1 nitrogen and oxygen atoms in total. The van der Waals surface area contributed by atoms with Gasteiger partial charge in [-0.3, -0.25) is 0 Å². The van der Waals surface area contributed by atoms with Crippen LogP contribution in [-0.2, 0) is 4.74 Å². The minimum Gasteiger partial charge on any atom is -0.378 e. The summed E-state index contributed by atoms with van der Waals surface area (Å²) in [6, 6.07) is 10.8. The Balaban J connectivity index is 2.25.